The normalized spacial score (nSPS) is 22.3. The highest BCUT2D eigenvalue weighted by atomic mass is 19.1. The van der Waals surface area contributed by atoms with Crippen molar-refractivity contribution in [3.63, 3.8) is 0 Å². The van der Waals surface area contributed by atoms with Crippen LogP contribution in [0.4, 0.5) is 29.7 Å². The number of halogens is 2. The smallest absolute Gasteiger partial charge is 0.342 e. The number of carbonyl (C=O) groups excluding carboxylic acids is 4. The van der Waals surface area contributed by atoms with Gasteiger partial charge >= 0.3 is 12.1 Å². The van der Waals surface area contributed by atoms with E-state index in [0.29, 0.717) is 84.5 Å². The Bertz CT molecular complexity index is 3410. The van der Waals surface area contributed by atoms with E-state index in [1.165, 1.54) is 46.7 Å². The van der Waals surface area contributed by atoms with Crippen molar-refractivity contribution in [3.05, 3.63) is 155 Å². The molecule has 3 aliphatic carbocycles. The number of ether oxygens (including phenoxy) is 2. The van der Waals surface area contributed by atoms with Crippen molar-refractivity contribution in [2.45, 2.75) is 93.4 Å². The van der Waals surface area contributed by atoms with Gasteiger partial charge in [0.15, 0.2) is 0 Å². The lowest BCUT2D eigenvalue weighted by atomic mass is 9.50. The van der Waals surface area contributed by atoms with Gasteiger partial charge in [-0.1, -0.05) is 54.4 Å². The van der Waals surface area contributed by atoms with E-state index in [1.807, 2.05) is 0 Å². The highest BCUT2D eigenvalue weighted by Gasteiger charge is 2.55. The van der Waals surface area contributed by atoms with Crippen LogP contribution in [-0.2, 0) is 16.0 Å². The van der Waals surface area contributed by atoms with Gasteiger partial charge < -0.3 is 40.1 Å². The molecular weight excluding hydrogens is 987 g/mol. The minimum Gasteiger partial charge on any atom is -0.489 e. The fourth-order valence-corrected chi connectivity index (χ4v) is 11.5. The Morgan fingerprint density at radius 1 is 0.675 bits per heavy atom. The lowest BCUT2D eigenvalue weighted by Gasteiger charge is -2.56. The number of aromatic nitrogens is 4. The topological polar surface area (TPSA) is 193 Å². The van der Waals surface area contributed by atoms with Gasteiger partial charge in [-0.25, -0.2) is 18.4 Å². The molecule has 3 atom stereocenters. The Kier molecular flexibility index (Phi) is 13.4. The van der Waals surface area contributed by atoms with Gasteiger partial charge in [0, 0.05) is 50.0 Å². The first kappa shape index (κ1) is 50.8. The molecule has 16 nitrogen and oxygen atoms in total. The Balaban J connectivity index is 0.719. The van der Waals surface area contributed by atoms with Crippen molar-refractivity contribution in [1.29, 1.82) is 0 Å². The molecule has 4 N–H and O–H groups in total. The molecule has 18 heteroatoms. The van der Waals surface area contributed by atoms with Gasteiger partial charge in [-0.2, -0.15) is 19.6 Å². The molecule has 394 valence electrons. The molecule has 2 aliphatic heterocycles. The van der Waals surface area contributed by atoms with Crippen LogP contribution in [-0.4, -0.2) is 104 Å². The second kappa shape index (κ2) is 20.3. The van der Waals surface area contributed by atoms with E-state index in [9.17, 15) is 38.2 Å². The van der Waals surface area contributed by atoms with Gasteiger partial charge in [0.25, 0.3) is 11.8 Å². The van der Waals surface area contributed by atoms with Gasteiger partial charge in [-0.15, -0.1) is 0 Å². The Hall–Kier alpha value is -8.32. The van der Waals surface area contributed by atoms with E-state index in [4.69, 9.17) is 9.47 Å². The second-order valence-electron chi connectivity index (χ2n) is 21.2. The SMILES string of the molecule is CN1C(=O)C(NC(=O)n2cc(C(c3ccc(F)cc3)C3CCC(O)(C#Cc4ccc5c(c4)N(C)C(=O)[C@H](NC(=O)n4cc(Cc6ccc(F)cc6)cn4)CO5)CC3)cn2)COc2ccc(C#CC3(O)CC4(CCC4)C3)cc21. The third-order valence-corrected chi connectivity index (χ3v) is 15.8. The van der Waals surface area contributed by atoms with E-state index in [1.54, 1.807) is 93.3 Å². The maximum atomic E-state index is 14.3. The summed E-state index contributed by atoms with van der Waals surface area (Å²) in [5.41, 5.74) is 3.02. The number of anilines is 2. The van der Waals surface area contributed by atoms with Crippen LogP contribution < -0.4 is 29.9 Å². The molecule has 4 heterocycles. The molecule has 3 saturated carbocycles. The number of hydrogen-bond donors (Lipinski definition) is 4. The largest absolute Gasteiger partial charge is 0.489 e. The van der Waals surface area contributed by atoms with Crippen LogP contribution in [0.15, 0.2) is 110 Å². The maximum Gasteiger partial charge on any atom is 0.342 e. The standard InChI is InChI=1S/C59H56F2N8O8/c1-66-48-27-38(6-14-50(48)76-33-46(53(66)70)64-55(72)68-31-40(29-62-68)26-37-4-10-44(60)11-5-37)16-22-58(74)24-18-42(19-25-58)52(41-8-12-45(61)13-9-41)43-30-63-69(32-43)56(73)65-47-34-77-51-15-7-39(28-49(51)67(2)54(47)71)17-23-59(75)35-57(36-59)20-3-21-57/h4-15,27-32,42,46-47,52,74-75H,3,18-21,24-26,33-36H2,1-2H3,(H,64,72)(H,65,73)/t42?,46-,47?,52?,58?/m1/s1. The van der Waals surface area contributed by atoms with Crippen LogP contribution in [0.25, 0.3) is 0 Å². The number of likely N-dealkylation sites (N-methyl/N-ethyl adjacent to an activating group) is 2. The summed E-state index contributed by atoms with van der Waals surface area (Å²) >= 11 is 0. The van der Waals surface area contributed by atoms with Gasteiger partial charge in [-0.3, -0.25) is 9.59 Å². The minimum atomic E-state index is -1.36. The zero-order chi connectivity index (χ0) is 53.6. The summed E-state index contributed by atoms with van der Waals surface area (Å²) in [6.45, 7) is -0.270. The van der Waals surface area contributed by atoms with E-state index < -0.39 is 53.0 Å². The van der Waals surface area contributed by atoms with Crippen LogP contribution in [0.2, 0.25) is 0 Å². The van der Waals surface area contributed by atoms with Crippen molar-refractivity contribution >= 4 is 35.3 Å². The molecule has 3 fully saturated rings. The van der Waals surface area contributed by atoms with Crippen LogP contribution in [0.1, 0.15) is 97.1 Å². The quantitative estimate of drug-likeness (QED) is 0.120. The van der Waals surface area contributed by atoms with Gasteiger partial charge in [-0.05, 0) is 146 Å². The van der Waals surface area contributed by atoms with Crippen LogP contribution in [0.5, 0.6) is 11.5 Å². The number of rotatable bonds is 7. The third kappa shape index (κ3) is 10.6. The number of aliphatic hydroxyl groups is 2. The highest BCUT2D eigenvalue weighted by molar-refractivity contribution is 6.01. The molecular formula is C59H56F2N8O8. The summed E-state index contributed by atoms with van der Waals surface area (Å²) in [6, 6.07) is 19.2. The van der Waals surface area contributed by atoms with Crippen LogP contribution in [0, 0.1) is 46.6 Å². The number of hydrogen-bond acceptors (Lipinski definition) is 10. The molecule has 6 aromatic rings. The van der Waals surface area contributed by atoms with E-state index >= 15 is 0 Å². The number of amides is 4. The zero-order valence-electron chi connectivity index (χ0n) is 42.5. The Labute approximate surface area is 443 Å². The lowest BCUT2D eigenvalue weighted by molar-refractivity contribution is -0.126. The summed E-state index contributed by atoms with van der Waals surface area (Å²) in [7, 11) is 3.18. The summed E-state index contributed by atoms with van der Waals surface area (Å²) in [4.78, 5) is 57.4. The molecule has 4 amide bonds. The van der Waals surface area contributed by atoms with Crippen LogP contribution >= 0.6 is 0 Å². The molecule has 0 bridgehead atoms. The van der Waals surface area contributed by atoms with Crippen molar-refractivity contribution in [1.82, 2.24) is 30.2 Å². The molecule has 2 aromatic heterocycles. The van der Waals surface area contributed by atoms with E-state index in [0.717, 1.165) is 38.9 Å². The summed E-state index contributed by atoms with van der Waals surface area (Å²) in [6.07, 6.45) is 13.2. The number of nitrogens with zero attached hydrogens (tertiary/aromatic N) is 6. The monoisotopic (exact) mass is 1040 g/mol. The number of benzene rings is 4. The molecule has 2 unspecified atom stereocenters. The molecule has 1 spiro atoms. The average Bonchev–Trinajstić information content (AvgIpc) is 4.13. The van der Waals surface area contributed by atoms with Crippen LogP contribution in [0.3, 0.4) is 0 Å². The molecule has 5 aliphatic rings. The molecule has 11 rings (SSSR count). The van der Waals surface area contributed by atoms with Crippen molar-refractivity contribution in [2.75, 3.05) is 37.1 Å². The molecule has 77 heavy (non-hydrogen) atoms. The number of carbonyl (C=O) groups is 4. The summed E-state index contributed by atoms with van der Waals surface area (Å²) in [5.74, 6) is 11.2. The Morgan fingerprint density at radius 2 is 1.19 bits per heavy atom. The highest BCUT2D eigenvalue weighted by Crippen LogP contribution is 2.60. The summed E-state index contributed by atoms with van der Waals surface area (Å²) in [5, 5.41) is 36.8. The van der Waals surface area contributed by atoms with E-state index in [2.05, 4.69) is 44.5 Å². The van der Waals surface area contributed by atoms with Crippen molar-refractivity contribution in [2.24, 2.45) is 11.3 Å². The predicted octanol–water partition coefficient (Wildman–Crippen LogP) is 7.06. The Morgan fingerprint density at radius 3 is 1.74 bits per heavy atom. The summed E-state index contributed by atoms with van der Waals surface area (Å²) < 4.78 is 41.9. The average molecular weight is 1040 g/mol. The first-order valence-electron chi connectivity index (χ1n) is 25.8. The molecule has 4 aromatic carbocycles. The fourth-order valence-electron chi connectivity index (χ4n) is 11.5. The number of nitrogens with one attached hydrogen (secondary N) is 2. The number of fused-ring (bicyclic) bond motifs is 2. The second-order valence-corrected chi connectivity index (χ2v) is 21.2. The van der Waals surface area contributed by atoms with Crippen molar-refractivity contribution < 1.29 is 47.6 Å². The van der Waals surface area contributed by atoms with Gasteiger partial charge in [0.1, 0.15) is 59.6 Å². The predicted molar refractivity (Wildman–Crippen MR) is 279 cm³/mol. The third-order valence-electron chi connectivity index (χ3n) is 15.8. The van der Waals surface area contributed by atoms with Crippen molar-refractivity contribution in [3.8, 4) is 35.2 Å². The molecule has 0 radical (unpaired) electrons. The maximum absolute atomic E-state index is 14.3. The first-order valence-corrected chi connectivity index (χ1v) is 25.8. The van der Waals surface area contributed by atoms with E-state index in [-0.39, 0.29) is 36.3 Å². The molecule has 0 saturated heterocycles. The first-order chi connectivity index (χ1) is 37.0. The van der Waals surface area contributed by atoms with Gasteiger partial charge in [0.05, 0.1) is 23.8 Å². The zero-order valence-corrected chi connectivity index (χ0v) is 42.5. The fraction of sp³-hybridized carbons (Fsp3) is 0.356. The van der Waals surface area contributed by atoms with Gasteiger partial charge in [0.2, 0.25) is 0 Å². The lowest BCUT2D eigenvalue weighted by Crippen LogP contribution is -2.54. The minimum absolute atomic E-state index is 0.0626.